The number of hydrogen-bond donors (Lipinski definition) is 0. The van der Waals surface area contributed by atoms with Gasteiger partial charge in [0.25, 0.3) is 5.76 Å². The SMILES string of the molecule is O=C(Cn1c(SC(F)F)nc2ccccc21)N1CCN(Cc2ccco2)CC1. The monoisotopic (exact) mass is 406 g/mol. The van der Waals surface area contributed by atoms with Gasteiger partial charge < -0.3 is 13.9 Å². The van der Waals surface area contributed by atoms with E-state index in [1.165, 1.54) is 0 Å². The van der Waals surface area contributed by atoms with E-state index in [0.29, 0.717) is 35.9 Å². The van der Waals surface area contributed by atoms with Crippen molar-refractivity contribution in [3.05, 3.63) is 48.4 Å². The molecule has 28 heavy (non-hydrogen) atoms. The summed E-state index contributed by atoms with van der Waals surface area (Å²) < 4.78 is 32.8. The number of imidazole rings is 1. The van der Waals surface area contributed by atoms with Crippen molar-refractivity contribution >= 4 is 28.7 Å². The lowest BCUT2D eigenvalue weighted by Crippen LogP contribution is -2.49. The minimum absolute atomic E-state index is 0.00769. The van der Waals surface area contributed by atoms with Crippen molar-refractivity contribution in [2.75, 3.05) is 26.2 Å². The molecule has 148 valence electrons. The highest BCUT2D eigenvalue weighted by Gasteiger charge is 2.24. The Morgan fingerprint density at radius 1 is 1.14 bits per heavy atom. The predicted molar refractivity (Wildman–Crippen MR) is 102 cm³/mol. The lowest BCUT2D eigenvalue weighted by molar-refractivity contribution is -0.133. The molecule has 0 unspecified atom stereocenters. The van der Waals surface area contributed by atoms with Gasteiger partial charge in [-0.05, 0) is 36.0 Å². The van der Waals surface area contributed by atoms with E-state index in [4.69, 9.17) is 4.42 Å². The number of amides is 1. The van der Waals surface area contributed by atoms with Gasteiger partial charge in [0.05, 0.1) is 23.8 Å². The van der Waals surface area contributed by atoms with Gasteiger partial charge in [-0.15, -0.1) is 0 Å². The number of nitrogens with zero attached hydrogens (tertiary/aromatic N) is 4. The molecule has 0 bridgehead atoms. The Hall–Kier alpha value is -2.39. The molecule has 2 aromatic heterocycles. The Balaban J connectivity index is 1.42. The molecule has 0 atom stereocenters. The number of benzene rings is 1. The van der Waals surface area contributed by atoms with Gasteiger partial charge in [0.15, 0.2) is 5.16 Å². The maximum atomic E-state index is 12.9. The van der Waals surface area contributed by atoms with E-state index in [-0.39, 0.29) is 17.6 Å². The average molecular weight is 406 g/mol. The Bertz CT molecular complexity index is 937. The highest BCUT2D eigenvalue weighted by molar-refractivity contribution is 7.99. The lowest BCUT2D eigenvalue weighted by Gasteiger charge is -2.34. The zero-order chi connectivity index (χ0) is 19.5. The summed E-state index contributed by atoms with van der Waals surface area (Å²) in [5.41, 5.74) is 1.30. The summed E-state index contributed by atoms with van der Waals surface area (Å²) >= 11 is 0.371. The normalized spacial score (nSPS) is 15.6. The fourth-order valence-corrected chi connectivity index (χ4v) is 3.99. The largest absolute Gasteiger partial charge is 0.468 e. The van der Waals surface area contributed by atoms with Crippen molar-refractivity contribution in [3.8, 4) is 0 Å². The lowest BCUT2D eigenvalue weighted by atomic mass is 10.3. The first-order chi connectivity index (χ1) is 13.6. The second kappa shape index (κ2) is 8.32. The molecule has 1 amide bonds. The third-order valence-corrected chi connectivity index (χ3v) is 5.49. The van der Waals surface area contributed by atoms with Crippen LogP contribution in [0.3, 0.4) is 0 Å². The number of halogens is 2. The minimum atomic E-state index is -2.59. The van der Waals surface area contributed by atoms with Crippen molar-refractivity contribution < 1.29 is 18.0 Å². The van der Waals surface area contributed by atoms with Crippen LogP contribution in [0, 0.1) is 0 Å². The van der Waals surface area contributed by atoms with Crippen molar-refractivity contribution in [1.29, 1.82) is 0 Å². The fraction of sp³-hybridized carbons (Fsp3) is 0.368. The number of para-hydroxylation sites is 2. The number of piperazine rings is 1. The first-order valence-electron chi connectivity index (χ1n) is 9.03. The van der Waals surface area contributed by atoms with Gasteiger partial charge in [-0.25, -0.2) is 4.98 Å². The van der Waals surface area contributed by atoms with Gasteiger partial charge in [0.1, 0.15) is 12.3 Å². The second-order valence-electron chi connectivity index (χ2n) is 6.58. The maximum Gasteiger partial charge on any atom is 0.291 e. The number of hydrogen-bond acceptors (Lipinski definition) is 5. The number of carbonyl (C=O) groups is 1. The van der Waals surface area contributed by atoms with Crippen LogP contribution in [-0.4, -0.2) is 57.2 Å². The topological polar surface area (TPSA) is 54.5 Å². The third-order valence-electron chi connectivity index (χ3n) is 4.79. The smallest absolute Gasteiger partial charge is 0.291 e. The number of thioether (sulfide) groups is 1. The summed E-state index contributed by atoms with van der Waals surface area (Å²) in [7, 11) is 0. The summed E-state index contributed by atoms with van der Waals surface area (Å²) in [4.78, 5) is 21.1. The molecule has 1 aliphatic heterocycles. The van der Waals surface area contributed by atoms with Gasteiger partial charge in [0.2, 0.25) is 5.91 Å². The second-order valence-corrected chi connectivity index (χ2v) is 7.54. The maximum absolute atomic E-state index is 12.9. The highest BCUT2D eigenvalue weighted by atomic mass is 32.2. The number of carbonyl (C=O) groups excluding carboxylic acids is 1. The van der Waals surface area contributed by atoms with Crippen LogP contribution < -0.4 is 0 Å². The van der Waals surface area contributed by atoms with Gasteiger partial charge >= 0.3 is 0 Å². The van der Waals surface area contributed by atoms with E-state index < -0.39 is 5.76 Å². The standard InChI is InChI=1S/C19H20F2N4O2S/c20-18(21)28-19-22-15-5-1-2-6-16(15)25(19)13-17(26)24-9-7-23(8-10-24)12-14-4-3-11-27-14/h1-6,11,18H,7-10,12-13H2. The molecule has 1 aromatic carbocycles. The van der Waals surface area contributed by atoms with Crippen LogP contribution in [0.15, 0.2) is 52.2 Å². The fourth-order valence-electron chi connectivity index (χ4n) is 3.39. The summed E-state index contributed by atoms with van der Waals surface area (Å²) in [5, 5.41) is 0.168. The quantitative estimate of drug-likeness (QED) is 0.588. The van der Waals surface area contributed by atoms with E-state index >= 15 is 0 Å². The van der Waals surface area contributed by atoms with Crippen molar-refractivity contribution in [2.24, 2.45) is 0 Å². The van der Waals surface area contributed by atoms with E-state index in [9.17, 15) is 13.6 Å². The summed E-state index contributed by atoms with van der Waals surface area (Å²) in [6.45, 7) is 3.42. The number of alkyl halides is 2. The van der Waals surface area contributed by atoms with E-state index in [2.05, 4.69) is 9.88 Å². The Morgan fingerprint density at radius 2 is 1.93 bits per heavy atom. The first kappa shape index (κ1) is 18.9. The zero-order valence-corrected chi connectivity index (χ0v) is 15.9. The van der Waals surface area contributed by atoms with Crippen LogP contribution >= 0.6 is 11.8 Å². The van der Waals surface area contributed by atoms with E-state index in [1.54, 1.807) is 33.9 Å². The summed E-state index contributed by atoms with van der Waals surface area (Å²) in [6.07, 6.45) is 1.65. The molecular weight excluding hydrogens is 386 g/mol. The molecular formula is C19H20F2N4O2S. The van der Waals surface area contributed by atoms with Gasteiger partial charge in [-0.3, -0.25) is 9.69 Å². The van der Waals surface area contributed by atoms with E-state index in [1.807, 2.05) is 18.2 Å². The number of aromatic nitrogens is 2. The predicted octanol–water partition coefficient (Wildman–Crippen LogP) is 3.29. The Labute approximate surface area is 165 Å². The molecule has 0 saturated carbocycles. The molecule has 9 heteroatoms. The number of rotatable bonds is 6. The van der Waals surface area contributed by atoms with Crippen LogP contribution in [0.2, 0.25) is 0 Å². The highest BCUT2D eigenvalue weighted by Crippen LogP contribution is 2.28. The Kier molecular flexibility index (Phi) is 5.63. The molecule has 1 aliphatic rings. The van der Waals surface area contributed by atoms with Gasteiger partial charge in [-0.2, -0.15) is 8.78 Å². The molecule has 1 fully saturated rings. The molecule has 0 N–H and O–H groups in total. The van der Waals surface area contributed by atoms with Crippen LogP contribution in [0.25, 0.3) is 11.0 Å². The molecule has 4 rings (SSSR count). The van der Waals surface area contributed by atoms with Crippen LogP contribution in [-0.2, 0) is 17.9 Å². The van der Waals surface area contributed by atoms with Gasteiger partial charge in [0, 0.05) is 26.2 Å². The molecule has 0 radical (unpaired) electrons. The van der Waals surface area contributed by atoms with Crippen molar-refractivity contribution in [2.45, 2.75) is 24.0 Å². The first-order valence-corrected chi connectivity index (χ1v) is 9.91. The molecule has 0 spiro atoms. The van der Waals surface area contributed by atoms with Gasteiger partial charge in [-0.1, -0.05) is 12.1 Å². The van der Waals surface area contributed by atoms with E-state index in [0.717, 1.165) is 25.4 Å². The third kappa shape index (κ3) is 4.20. The van der Waals surface area contributed by atoms with Crippen LogP contribution in [0.4, 0.5) is 8.78 Å². The zero-order valence-electron chi connectivity index (χ0n) is 15.1. The molecule has 3 aromatic rings. The Morgan fingerprint density at radius 3 is 2.64 bits per heavy atom. The van der Waals surface area contributed by atoms with Crippen LogP contribution in [0.1, 0.15) is 5.76 Å². The van der Waals surface area contributed by atoms with Crippen LogP contribution in [0.5, 0.6) is 0 Å². The van der Waals surface area contributed by atoms with Crippen molar-refractivity contribution in [3.63, 3.8) is 0 Å². The number of furan rings is 1. The summed E-state index contributed by atoms with van der Waals surface area (Å²) in [5.74, 6) is -1.77. The molecule has 0 aliphatic carbocycles. The van der Waals surface area contributed by atoms with Crippen molar-refractivity contribution in [1.82, 2.24) is 19.4 Å². The minimum Gasteiger partial charge on any atom is -0.468 e. The molecule has 3 heterocycles. The average Bonchev–Trinajstić information content (AvgIpc) is 3.30. The molecule has 6 nitrogen and oxygen atoms in total. The molecule has 1 saturated heterocycles. The number of fused-ring (bicyclic) bond motifs is 1. The summed E-state index contributed by atoms with van der Waals surface area (Å²) in [6, 6.07) is 11.0.